The number of anilines is 1. The molecule has 6 nitrogen and oxygen atoms in total. The fourth-order valence-corrected chi connectivity index (χ4v) is 3.35. The van der Waals surface area contributed by atoms with Gasteiger partial charge >= 0.3 is 0 Å². The smallest absolute Gasteiger partial charge is 0.254 e. The monoisotopic (exact) mass is 370 g/mol. The van der Waals surface area contributed by atoms with Gasteiger partial charge in [-0.25, -0.2) is 0 Å². The lowest BCUT2D eigenvalue weighted by molar-refractivity contribution is 0.0746. The topological polar surface area (TPSA) is 51.2 Å². The summed E-state index contributed by atoms with van der Waals surface area (Å²) in [5.74, 6) is 2.05. The van der Waals surface area contributed by atoms with Crippen molar-refractivity contribution in [3.63, 3.8) is 0 Å². The summed E-state index contributed by atoms with van der Waals surface area (Å²) >= 11 is 0. The summed E-state index contributed by atoms with van der Waals surface area (Å²) in [4.78, 5) is 17.0. The van der Waals surface area contributed by atoms with E-state index >= 15 is 0 Å². The molecule has 2 aromatic carbocycles. The molecule has 1 fully saturated rings. The molecule has 0 spiro atoms. The number of carbonyl (C=O) groups is 1. The molecule has 1 aliphatic rings. The highest BCUT2D eigenvalue weighted by molar-refractivity contribution is 5.95. The average Bonchev–Trinajstić information content (AvgIpc) is 2.72. The maximum atomic E-state index is 12.9. The Hall–Kier alpha value is -2.89. The van der Waals surface area contributed by atoms with Crippen LogP contribution >= 0.6 is 0 Å². The Morgan fingerprint density at radius 3 is 2.07 bits per heavy atom. The second-order valence-electron chi connectivity index (χ2n) is 6.52. The zero-order chi connectivity index (χ0) is 19.4. The van der Waals surface area contributed by atoms with E-state index in [-0.39, 0.29) is 5.91 Å². The van der Waals surface area contributed by atoms with Gasteiger partial charge in [0.25, 0.3) is 5.91 Å². The Labute approximate surface area is 160 Å². The van der Waals surface area contributed by atoms with Gasteiger partial charge in [0, 0.05) is 31.7 Å². The van der Waals surface area contributed by atoms with Crippen LogP contribution in [0.25, 0.3) is 0 Å². The van der Waals surface area contributed by atoms with Crippen LogP contribution < -0.4 is 19.1 Å². The van der Waals surface area contributed by atoms with E-state index in [1.807, 2.05) is 17.0 Å². The molecule has 0 unspecified atom stereocenters. The fourth-order valence-electron chi connectivity index (χ4n) is 3.35. The number of methoxy groups -OCH3 is 3. The zero-order valence-electron chi connectivity index (χ0n) is 16.3. The molecular weight excluding hydrogens is 344 g/mol. The van der Waals surface area contributed by atoms with E-state index in [1.165, 1.54) is 5.56 Å². The molecule has 27 heavy (non-hydrogen) atoms. The van der Waals surface area contributed by atoms with Crippen molar-refractivity contribution in [2.75, 3.05) is 52.4 Å². The molecule has 3 rings (SSSR count). The summed E-state index contributed by atoms with van der Waals surface area (Å²) in [7, 11) is 4.84. The van der Waals surface area contributed by atoms with Crippen molar-refractivity contribution >= 4 is 11.6 Å². The van der Waals surface area contributed by atoms with Crippen molar-refractivity contribution in [2.24, 2.45) is 0 Å². The van der Waals surface area contributed by atoms with Crippen LogP contribution in [0.3, 0.4) is 0 Å². The molecule has 1 aliphatic heterocycles. The normalized spacial score (nSPS) is 14.1. The number of piperazine rings is 1. The van der Waals surface area contributed by atoms with Gasteiger partial charge in [0.2, 0.25) is 0 Å². The van der Waals surface area contributed by atoms with E-state index in [0.717, 1.165) is 24.5 Å². The number of benzene rings is 2. The minimum atomic E-state index is 0.00631. The number of carbonyl (C=O) groups excluding carboxylic acids is 1. The van der Waals surface area contributed by atoms with Crippen LogP contribution in [-0.4, -0.2) is 58.3 Å². The Balaban J connectivity index is 1.71. The molecule has 0 aliphatic carbocycles. The highest BCUT2D eigenvalue weighted by Gasteiger charge is 2.24. The fraction of sp³-hybridized carbons (Fsp3) is 0.381. The van der Waals surface area contributed by atoms with Crippen LogP contribution in [0, 0.1) is 6.92 Å². The Morgan fingerprint density at radius 1 is 0.815 bits per heavy atom. The third-order valence-electron chi connectivity index (χ3n) is 4.87. The van der Waals surface area contributed by atoms with Gasteiger partial charge in [-0.2, -0.15) is 0 Å². The van der Waals surface area contributed by atoms with Crippen molar-refractivity contribution in [1.29, 1.82) is 0 Å². The molecule has 0 aromatic heterocycles. The number of aryl methyl sites for hydroxylation is 1. The molecule has 0 radical (unpaired) electrons. The van der Waals surface area contributed by atoms with E-state index in [9.17, 15) is 4.79 Å². The summed E-state index contributed by atoms with van der Waals surface area (Å²) < 4.78 is 16.0. The molecular formula is C21H26N2O4. The summed E-state index contributed by atoms with van der Waals surface area (Å²) in [6.45, 7) is 4.91. The number of hydrogen-bond acceptors (Lipinski definition) is 5. The molecule has 144 valence electrons. The first kappa shape index (κ1) is 18.9. The number of hydrogen-bond donors (Lipinski definition) is 0. The van der Waals surface area contributed by atoms with Gasteiger partial charge in [-0.3, -0.25) is 4.79 Å². The lowest BCUT2D eigenvalue weighted by Crippen LogP contribution is -2.48. The quantitative estimate of drug-likeness (QED) is 0.810. The first-order valence-electron chi connectivity index (χ1n) is 8.98. The minimum absolute atomic E-state index is 0.00631. The standard InChI is InChI=1S/C21H26N2O4/c1-15-5-7-18(25-2)17(13-15)22-9-11-23(12-10-22)21(24)16-6-8-19(26-3)20(14-16)27-4/h5-8,13-14H,9-12H2,1-4H3. The van der Waals surface area contributed by atoms with E-state index in [1.54, 1.807) is 39.5 Å². The lowest BCUT2D eigenvalue weighted by atomic mass is 10.1. The predicted octanol–water partition coefficient (Wildman–Crippen LogP) is 2.98. The first-order valence-corrected chi connectivity index (χ1v) is 8.98. The largest absolute Gasteiger partial charge is 0.495 e. The maximum absolute atomic E-state index is 12.9. The van der Waals surface area contributed by atoms with Crippen LogP contribution in [0.1, 0.15) is 15.9 Å². The minimum Gasteiger partial charge on any atom is -0.495 e. The second kappa shape index (κ2) is 8.20. The molecule has 2 aromatic rings. The van der Waals surface area contributed by atoms with Gasteiger partial charge in [0.15, 0.2) is 11.5 Å². The van der Waals surface area contributed by atoms with Crippen molar-refractivity contribution in [3.8, 4) is 17.2 Å². The highest BCUT2D eigenvalue weighted by Crippen LogP contribution is 2.31. The van der Waals surface area contributed by atoms with Crippen molar-refractivity contribution in [1.82, 2.24) is 4.90 Å². The lowest BCUT2D eigenvalue weighted by Gasteiger charge is -2.36. The van der Waals surface area contributed by atoms with Gasteiger partial charge in [-0.15, -0.1) is 0 Å². The number of ether oxygens (including phenoxy) is 3. The Morgan fingerprint density at radius 2 is 1.44 bits per heavy atom. The molecule has 0 saturated carbocycles. The molecule has 0 bridgehead atoms. The van der Waals surface area contributed by atoms with E-state index in [4.69, 9.17) is 14.2 Å². The molecule has 6 heteroatoms. The molecule has 1 saturated heterocycles. The third kappa shape index (κ3) is 3.94. The van der Waals surface area contributed by atoms with E-state index in [0.29, 0.717) is 30.2 Å². The molecule has 1 amide bonds. The maximum Gasteiger partial charge on any atom is 0.254 e. The average molecular weight is 370 g/mol. The predicted molar refractivity (Wildman–Crippen MR) is 105 cm³/mol. The third-order valence-corrected chi connectivity index (χ3v) is 4.87. The van der Waals surface area contributed by atoms with Gasteiger partial charge in [-0.05, 0) is 42.8 Å². The van der Waals surface area contributed by atoms with Gasteiger partial charge in [0.05, 0.1) is 27.0 Å². The molecule has 0 N–H and O–H groups in total. The van der Waals surface area contributed by atoms with Crippen LogP contribution in [-0.2, 0) is 0 Å². The van der Waals surface area contributed by atoms with Crippen LogP contribution in [0.5, 0.6) is 17.2 Å². The Bertz CT molecular complexity index is 814. The van der Waals surface area contributed by atoms with Crippen LogP contribution in [0.2, 0.25) is 0 Å². The summed E-state index contributed by atoms with van der Waals surface area (Å²) in [6.07, 6.45) is 0. The van der Waals surface area contributed by atoms with Crippen molar-refractivity contribution < 1.29 is 19.0 Å². The summed E-state index contributed by atoms with van der Waals surface area (Å²) in [5.41, 5.74) is 2.87. The zero-order valence-corrected chi connectivity index (χ0v) is 16.3. The number of amides is 1. The number of nitrogens with zero attached hydrogens (tertiary/aromatic N) is 2. The summed E-state index contributed by atoms with van der Waals surface area (Å²) in [5, 5.41) is 0. The first-order chi connectivity index (χ1) is 13.1. The van der Waals surface area contributed by atoms with Gasteiger partial charge in [-0.1, -0.05) is 6.07 Å². The summed E-state index contributed by atoms with van der Waals surface area (Å²) in [6, 6.07) is 11.4. The van der Waals surface area contributed by atoms with E-state index in [2.05, 4.69) is 17.9 Å². The van der Waals surface area contributed by atoms with Crippen molar-refractivity contribution in [3.05, 3.63) is 47.5 Å². The molecule has 1 heterocycles. The second-order valence-corrected chi connectivity index (χ2v) is 6.52. The Kier molecular flexibility index (Phi) is 5.74. The van der Waals surface area contributed by atoms with Crippen LogP contribution in [0.4, 0.5) is 5.69 Å². The number of rotatable bonds is 5. The van der Waals surface area contributed by atoms with Gasteiger partial charge in [0.1, 0.15) is 5.75 Å². The van der Waals surface area contributed by atoms with Crippen LogP contribution in [0.15, 0.2) is 36.4 Å². The van der Waals surface area contributed by atoms with Gasteiger partial charge < -0.3 is 24.0 Å². The highest BCUT2D eigenvalue weighted by atomic mass is 16.5. The molecule has 0 atom stereocenters. The SMILES string of the molecule is COc1ccc(C(=O)N2CCN(c3cc(C)ccc3OC)CC2)cc1OC. The van der Waals surface area contributed by atoms with E-state index < -0.39 is 0 Å². The van der Waals surface area contributed by atoms with Crippen molar-refractivity contribution in [2.45, 2.75) is 6.92 Å².